The highest BCUT2D eigenvalue weighted by molar-refractivity contribution is 7.89. The molecule has 4 rings (SSSR count). The maximum absolute atomic E-state index is 13.9. The number of amides is 1. The topological polar surface area (TPSA) is 117 Å². The van der Waals surface area contributed by atoms with Crippen molar-refractivity contribution < 1.29 is 17.6 Å². The Morgan fingerprint density at radius 3 is 2.42 bits per heavy atom. The highest BCUT2D eigenvalue weighted by Crippen LogP contribution is 2.31. The predicted octanol–water partition coefficient (Wildman–Crippen LogP) is 2.71. The number of fused-ring (bicyclic) bond motifs is 1. The molecule has 8 nitrogen and oxygen atoms in total. The molecule has 11 heteroatoms. The Morgan fingerprint density at radius 1 is 1.06 bits per heavy atom. The van der Waals surface area contributed by atoms with Crippen molar-refractivity contribution in [3.63, 3.8) is 0 Å². The lowest BCUT2D eigenvalue weighted by Crippen LogP contribution is -2.32. The largest absolute Gasteiger partial charge is 0.331 e. The third-order valence-electron chi connectivity index (χ3n) is 4.85. The first-order chi connectivity index (χ1) is 15.7. The molecule has 1 aliphatic rings. The van der Waals surface area contributed by atoms with Crippen LogP contribution >= 0.6 is 12.2 Å². The van der Waals surface area contributed by atoms with E-state index in [-0.39, 0.29) is 15.7 Å². The van der Waals surface area contributed by atoms with Crippen LogP contribution in [0.25, 0.3) is 0 Å². The van der Waals surface area contributed by atoms with Crippen molar-refractivity contribution in [3.8, 4) is 0 Å². The number of nitrogens with zero attached hydrogens (tertiary/aromatic N) is 2. The second-order valence-electron chi connectivity index (χ2n) is 7.13. The fourth-order valence-electron chi connectivity index (χ4n) is 3.31. The molecule has 0 radical (unpaired) electrons. The first-order valence-corrected chi connectivity index (χ1v) is 11.6. The van der Waals surface area contributed by atoms with Gasteiger partial charge in [-0.25, -0.2) is 17.9 Å². The lowest BCUT2D eigenvalue weighted by atomic mass is 10.1. The number of sulfonamides is 1. The Bertz CT molecular complexity index is 1360. The number of rotatable bonds is 5. The zero-order valence-corrected chi connectivity index (χ0v) is 18.7. The lowest BCUT2D eigenvalue weighted by Gasteiger charge is -2.16. The highest BCUT2D eigenvalue weighted by atomic mass is 32.2. The Labute approximate surface area is 195 Å². The molecule has 0 spiro atoms. The van der Waals surface area contributed by atoms with Gasteiger partial charge in [-0.2, -0.15) is 5.10 Å². The van der Waals surface area contributed by atoms with Gasteiger partial charge in [-0.1, -0.05) is 30.3 Å². The van der Waals surface area contributed by atoms with E-state index in [0.717, 1.165) is 5.56 Å². The van der Waals surface area contributed by atoms with E-state index in [0.29, 0.717) is 23.5 Å². The van der Waals surface area contributed by atoms with E-state index in [9.17, 15) is 17.6 Å². The Hall–Kier alpha value is -3.67. The second-order valence-corrected chi connectivity index (χ2v) is 9.10. The van der Waals surface area contributed by atoms with E-state index in [1.807, 2.05) is 30.3 Å². The molecule has 1 aliphatic heterocycles. The van der Waals surface area contributed by atoms with Crippen LogP contribution in [-0.4, -0.2) is 25.1 Å². The number of nitrogens with one attached hydrogen (secondary N) is 2. The summed E-state index contributed by atoms with van der Waals surface area (Å²) in [6, 6.07) is 19.1. The summed E-state index contributed by atoms with van der Waals surface area (Å²) < 4.78 is 36.6. The summed E-state index contributed by atoms with van der Waals surface area (Å²) in [5.74, 6) is -0.890. The van der Waals surface area contributed by atoms with Crippen molar-refractivity contribution in [2.45, 2.75) is 11.4 Å². The van der Waals surface area contributed by atoms with Crippen LogP contribution in [0.5, 0.6) is 0 Å². The summed E-state index contributed by atoms with van der Waals surface area (Å²) >= 11 is 5.20. The van der Waals surface area contributed by atoms with E-state index < -0.39 is 21.7 Å². The zero-order valence-electron chi connectivity index (χ0n) is 17.0. The molecule has 168 valence electrons. The summed E-state index contributed by atoms with van der Waals surface area (Å²) in [7, 11) is -3.81. The third-order valence-corrected chi connectivity index (χ3v) is 5.97. The summed E-state index contributed by atoms with van der Waals surface area (Å²) in [5.41, 5.74) is 4.90. The van der Waals surface area contributed by atoms with Crippen molar-refractivity contribution in [2.75, 3.05) is 10.2 Å². The van der Waals surface area contributed by atoms with Gasteiger partial charge >= 0.3 is 0 Å². The van der Waals surface area contributed by atoms with Gasteiger partial charge in [0, 0.05) is 11.3 Å². The molecule has 1 heterocycles. The van der Waals surface area contributed by atoms with Gasteiger partial charge in [-0.3, -0.25) is 10.2 Å². The van der Waals surface area contributed by atoms with Gasteiger partial charge in [0.25, 0.3) is 5.91 Å². The Kier molecular flexibility index (Phi) is 6.18. The van der Waals surface area contributed by atoms with Gasteiger partial charge in [0.2, 0.25) is 10.0 Å². The van der Waals surface area contributed by atoms with E-state index in [1.54, 1.807) is 0 Å². The molecule has 33 heavy (non-hydrogen) atoms. The van der Waals surface area contributed by atoms with Gasteiger partial charge in [0.15, 0.2) is 10.8 Å². The molecule has 0 aromatic heterocycles. The number of hydrazone groups is 1. The summed E-state index contributed by atoms with van der Waals surface area (Å²) in [6.07, 6.45) is 0. The average molecular weight is 484 g/mol. The average Bonchev–Trinajstić information content (AvgIpc) is 3.03. The highest BCUT2D eigenvalue weighted by Gasteiger charge is 2.34. The molecule has 0 fully saturated rings. The van der Waals surface area contributed by atoms with Crippen LogP contribution in [0.2, 0.25) is 0 Å². The number of benzene rings is 3. The first kappa shape index (κ1) is 22.5. The van der Waals surface area contributed by atoms with E-state index in [1.165, 1.54) is 47.4 Å². The molecule has 1 amide bonds. The number of carbonyl (C=O) groups excluding carboxylic acids is 1. The monoisotopic (exact) mass is 483 g/mol. The van der Waals surface area contributed by atoms with Crippen molar-refractivity contribution in [2.24, 2.45) is 10.2 Å². The van der Waals surface area contributed by atoms with Crippen molar-refractivity contribution in [1.82, 2.24) is 5.43 Å². The predicted molar refractivity (Wildman–Crippen MR) is 128 cm³/mol. The standard InChI is InChI=1S/C22H18FN5O3S2/c23-15-6-11-19-18(12-15)20(21(29)28(19)13-14-4-2-1-3-5-14)26-27-22(32)25-16-7-9-17(10-8-16)33(24,30)31/h1-12H,13H2,(H2,24,30,31)(H2,25,27,32). The first-order valence-electron chi connectivity index (χ1n) is 9.65. The molecule has 0 saturated carbocycles. The van der Waals surface area contributed by atoms with Crippen LogP contribution in [0.1, 0.15) is 11.1 Å². The minimum Gasteiger partial charge on any atom is -0.331 e. The van der Waals surface area contributed by atoms with Crippen LogP contribution in [-0.2, 0) is 21.4 Å². The van der Waals surface area contributed by atoms with Gasteiger partial charge in [-0.15, -0.1) is 0 Å². The normalized spacial score (nSPS) is 14.3. The third kappa shape index (κ3) is 5.06. The van der Waals surface area contributed by atoms with Crippen LogP contribution in [0, 0.1) is 5.82 Å². The van der Waals surface area contributed by atoms with E-state index >= 15 is 0 Å². The molecule has 0 aliphatic carbocycles. The molecule has 0 bridgehead atoms. The minimum absolute atomic E-state index is 0.0224. The number of nitrogens with two attached hydrogens (primary N) is 1. The molecular weight excluding hydrogens is 465 g/mol. The lowest BCUT2D eigenvalue weighted by molar-refractivity contribution is -0.112. The molecule has 4 N–H and O–H groups in total. The summed E-state index contributed by atoms with van der Waals surface area (Å²) in [6.45, 7) is 0.302. The minimum atomic E-state index is -3.81. The zero-order chi connectivity index (χ0) is 23.6. The molecule has 0 saturated heterocycles. The van der Waals surface area contributed by atoms with Crippen molar-refractivity contribution in [1.29, 1.82) is 0 Å². The second kappa shape index (κ2) is 9.06. The van der Waals surface area contributed by atoms with Crippen molar-refractivity contribution in [3.05, 3.63) is 89.7 Å². The van der Waals surface area contributed by atoms with Crippen LogP contribution in [0.4, 0.5) is 15.8 Å². The van der Waals surface area contributed by atoms with Gasteiger partial charge in [-0.05, 0) is 60.2 Å². The fourth-order valence-corrected chi connectivity index (χ4v) is 3.99. The SMILES string of the molecule is NS(=O)(=O)c1ccc(NC(=S)NN=C2C(=O)N(Cc3ccccc3)c3ccc(F)cc32)cc1. The quantitative estimate of drug-likeness (QED) is 0.380. The van der Waals surface area contributed by atoms with E-state index in [2.05, 4.69) is 15.8 Å². The molecule has 0 atom stereocenters. The van der Waals surface area contributed by atoms with Gasteiger partial charge < -0.3 is 10.2 Å². The molecule has 3 aromatic carbocycles. The molecule has 0 unspecified atom stereocenters. The maximum atomic E-state index is 13.9. The number of thiocarbonyl (C=S) groups is 1. The number of halogens is 1. The smallest absolute Gasteiger partial charge is 0.279 e. The van der Waals surface area contributed by atoms with Gasteiger partial charge in [0.05, 0.1) is 17.1 Å². The number of anilines is 2. The van der Waals surface area contributed by atoms with Crippen LogP contribution < -0.4 is 20.8 Å². The number of hydrogen-bond donors (Lipinski definition) is 3. The number of carbonyl (C=O) groups is 1. The van der Waals surface area contributed by atoms with Gasteiger partial charge in [0.1, 0.15) is 5.82 Å². The molecular formula is C22H18FN5O3S2. The fraction of sp³-hybridized carbons (Fsp3) is 0.0455. The number of primary sulfonamides is 1. The maximum Gasteiger partial charge on any atom is 0.279 e. The van der Waals surface area contributed by atoms with Crippen LogP contribution in [0.15, 0.2) is 82.8 Å². The van der Waals surface area contributed by atoms with E-state index in [4.69, 9.17) is 17.4 Å². The Balaban J connectivity index is 1.53. The van der Waals surface area contributed by atoms with Crippen molar-refractivity contribution >= 4 is 50.3 Å². The Morgan fingerprint density at radius 2 is 1.76 bits per heavy atom. The number of hydrogen-bond acceptors (Lipinski definition) is 5. The summed E-state index contributed by atoms with van der Waals surface area (Å²) in [5, 5.41) is 12.1. The molecule has 3 aromatic rings. The van der Waals surface area contributed by atoms with Crippen LogP contribution in [0.3, 0.4) is 0 Å². The summed E-state index contributed by atoms with van der Waals surface area (Å²) in [4.78, 5) is 14.6.